The molecule has 0 fully saturated rings. The Morgan fingerprint density at radius 3 is 2.62 bits per heavy atom. The summed E-state index contributed by atoms with van der Waals surface area (Å²) in [5, 5.41) is 13.5. The summed E-state index contributed by atoms with van der Waals surface area (Å²) in [5.41, 5.74) is 7.58. The maximum absolute atomic E-state index is 9.51. The van der Waals surface area contributed by atoms with Crippen molar-refractivity contribution in [3.05, 3.63) is 66.1 Å². The maximum Gasteiger partial charge on any atom is 0.235 e. The van der Waals surface area contributed by atoms with Crippen molar-refractivity contribution in [1.29, 1.82) is 0 Å². The Kier molecular flexibility index (Phi) is 3.66. The standard InChI is InChI=1S/C16H15N3O2/c17-10-14(11-5-2-1-3-6-11)16-18-15(19-21-16)12-7-4-8-13(20)9-12/h1-9,14,20H,10,17H2. The highest BCUT2D eigenvalue weighted by atomic mass is 16.5. The number of aromatic nitrogens is 2. The number of nitrogens with two attached hydrogens (primary N) is 1. The van der Waals surface area contributed by atoms with E-state index in [2.05, 4.69) is 10.1 Å². The predicted molar refractivity (Wildman–Crippen MR) is 78.7 cm³/mol. The van der Waals surface area contributed by atoms with Gasteiger partial charge in [0.05, 0.1) is 5.92 Å². The Labute approximate surface area is 122 Å². The lowest BCUT2D eigenvalue weighted by Gasteiger charge is -2.09. The Bertz CT molecular complexity index is 725. The van der Waals surface area contributed by atoms with E-state index >= 15 is 0 Å². The van der Waals surface area contributed by atoms with E-state index in [1.54, 1.807) is 18.2 Å². The molecule has 3 N–H and O–H groups in total. The van der Waals surface area contributed by atoms with Crippen LogP contribution in [0.3, 0.4) is 0 Å². The van der Waals surface area contributed by atoms with Crippen molar-refractivity contribution in [2.24, 2.45) is 5.73 Å². The van der Waals surface area contributed by atoms with Gasteiger partial charge in [-0.1, -0.05) is 47.6 Å². The molecule has 21 heavy (non-hydrogen) atoms. The number of hydrogen-bond acceptors (Lipinski definition) is 5. The smallest absolute Gasteiger partial charge is 0.235 e. The van der Waals surface area contributed by atoms with E-state index in [1.165, 1.54) is 0 Å². The van der Waals surface area contributed by atoms with Crippen LogP contribution in [0.1, 0.15) is 17.4 Å². The first-order valence-corrected chi connectivity index (χ1v) is 6.66. The third-order valence-electron chi connectivity index (χ3n) is 3.28. The van der Waals surface area contributed by atoms with Crippen molar-refractivity contribution in [2.45, 2.75) is 5.92 Å². The molecule has 1 aromatic heterocycles. The maximum atomic E-state index is 9.51. The van der Waals surface area contributed by atoms with Gasteiger partial charge in [-0.2, -0.15) is 4.98 Å². The molecular weight excluding hydrogens is 266 g/mol. The van der Waals surface area contributed by atoms with Gasteiger partial charge in [0.1, 0.15) is 5.75 Å². The monoisotopic (exact) mass is 281 g/mol. The highest BCUT2D eigenvalue weighted by Gasteiger charge is 2.20. The molecule has 0 aliphatic carbocycles. The second-order valence-corrected chi connectivity index (χ2v) is 4.71. The lowest BCUT2D eigenvalue weighted by Crippen LogP contribution is -2.14. The number of hydrogen-bond donors (Lipinski definition) is 2. The second-order valence-electron chi connectivity index (χ2n) is 4.71. The molecule has 0 bridgehead atoms. The average molecular weight is 281 g/mol. The Morgan fingerprint density at radius 2 is 1.90 bits per heavy atom. The van der Waals surface area contributed by atoms with Crippen LogP contribution in [0.4, 0.5) is 0 Å². The molecule has 0 saturated heterocycles. The molecule has 0 aliphatic heterocycles. The highest BCUT2D eigenvalue weighted by Crippen LogP contribution is 2.26. The zero-order valence-corrected chi connectivity index (χ0v) is 11.3. The first-order chi connectivity index (χ1) is 10.3. The molecule has 0 spiro atoms. The van der Waals surface area contributed by atoms with E-state index < -0.39 is 0 Å². The van der Waals surface area contributed by atoms with E-state index in [9.17, 15) is 5.11 Å². The lowest BCUT2D eigenvalue weighted by atomic mass is 9.99. The number of rotatable bonds is 4. The van der Waals surface area contributed by atoms with Crippen molar-refractivity contribution >= 4 is 0 Å². The fourth-order valence-corrected chi connectivity index (χ4v) is 2.20. The number of benzene rings is 2. The Hall–Kier alpha value is -2.66. The summed E-state index contributed by atoms with van der Waals surface area (Å²) in [7, 11) is 0. The molecular formula is C16H15N3O2. The van der Waals surface area contributed by atoms with Gasteiger partial charge in [0, 0.05) is 12.1 Å². The van der Waals surface area contributed by atoms with Crippen molar-refractivity contribution in [3.63, 3.8) is 0 Å². The number of nitrogens with zero attached hydrogens (tertiary/aromatic N) is 2. The third kappa shape index (κ3) is 2.78. The van der Waals surface area contributed by atoms with Crippen LogP contribution in [-0.2, 0) is 0 Å². The number of phenols is 1. The van der Waals surface area contributed by atoms with Gasteiger partial charge in [0.15, 0.2) is 0 Å². The summed E-state index contributed by atoms with van der Waals surface area (Å²) in [6, 6.07) is 16.5. The fourth-order valence-electron chi connectivity index (χ4n) is 2.20. The molecule has 3 aromatic rings. The summed E-state index contributed by atoms with van der Waals surface area (Å²) in [6.07, 6.45) is 0. The van der Waals surface area contributed by atoms with Gasteiger partial charge in [-0.25, -0.2) is 0 Å². The van der Waals surface area contributed by atoms with Crippen molar-refractivity contribution in [1.82, 2.24) is 10.1 Å². The molecule has 1 heterocycles. The van der Waals surface area contributed by atoms with Crippen LogP contribution in [-0.4, -0.2) is 21.8 Å². The lowest BCUT2D eigenvalue weighted by molar-refractivity contribution is 0.367. The minimum absolute atomic E-state index is 0.134. The first-order valence-electron chi connectivity index (χ1n) is 6.66. The third-order valence-corrected chi connectivity index (χ3v) is 3.28. The van der Waals surface area contributed by atoms with E-state index in [0.29, 0.717) is 23.8 Å². The van der Waals surface area contributed by atoms with Crippen molar-refractivity contribution in [2.75, 3.05) is 6.54 Å². The normalized spacial score (nSPS) is 12.2. The summed E-state index contributed by atoms with van der Waals surface area (Å²) in [4.78, 5) is 4.40. The summed E-state index contributed by atoms with van der Waals surface area (Å²) in [5.74, 6) is 0.944. The average Bonchev–Trinajstić information content (AvgIpc) is 2.99. The number of phenolic OH excluding ortho intramolecular Hbond substituents is 1. The zero-order valence-electron chi connectivity index (χ0n) is 11.3. The molecule has 5 heteroatoms. The SMILES string of the molecule is NCC(c1ccccc1)c1nc(-c2cccc(O)c2)no1. The van der Waals surface area contributed by atoms with Crippen LogP contribution < -0.4 is 5.73 Å². The summed E-state index contributed by atoms with van der Waals surface area (Å²) >= 11 is 0. The molecule has 106 valence electrons. The van der Waals surface area contributed by atoms with Crippen LogP contribution in [0.5, 0.6) is 5.75 Å². The molecule has 0 aliphatic rings. The van der Waals surface area contributed by atoms with Gasteiger partial charge in [-0.05, 0) is 17.7 Å². The summed E-state index contributed by atoms with van der Waals surface area (Å²) < 4.78 is 5.34. The van der Waals surface area contributed by atoms with Crippen molar-refractivity contribution in [3.8, 4) is 17.1 Å². The van der Waals surface area contributed by atoms with E-state index in [-0.39, 0.29) is 11.7 Å². The van der Waals surface area contributed by atoms with Gasteiger partial charge in [0.25, 0.3) is 0 Å². The van der Waals surface area contributed by atoms with E-state index in [4.69, 9.17) is 10.3 Å². The van der Waals surface area contributed by atoms with Crippen LogP contribution in [0.2, 0.25) is 0 Å². The molecule has 0 amide bonds. The van der Waals surface area contributed by atoms with Gasteiger partial charge >= 0.3 is 0 Å². The molecule has 3 rings (SSSR count). The van der Waals surface area contributed by atoms with Crippen LogP contribution in [0.25, 0.3) is 11.4 Å². The Morgan fingerprint density at radius 1 is 1.10 bits per heavy atom. The fraction of sp³-hybridized carbons (Fsp3) is 0.125. The molecule has 0 radical (unpaired) electrons. The second kappa shape index (κ2) is 5.76. The van der Waals surface area contributed by atoms with Crippen molar-refractivity contribution < 1.29 is 9.63 Å². The first kappa shape index (κ1) is 13.3. The topological polar surface area (TPSA) is 85.2 Å². The molecule has 0 saturated carbocycles. The van der Waals surface area contributed by atoms with Gasteiger partial charge in [-0.15, -0.1) is 0 Å². The zero-order chi connectivity index (χ0) is 14.7. The quantitative estimate of drug-likeness (QED) is 0.767. The summed E-state index contributed by atoms with van der Waals surface area (Å²) in [6.45, 7) is 0.381. The van der Waals surface area contributed by atoms with E-state index in [1.807, 2.05) is 36.4 Å². The predicted octanol–water partition coefficient (Wildman–Crippen LogP) is 2.53. The van der Waals surface area contributed by atoms with Crippen LogP contribution in [0.15, 0.2) is 59.1 Å². The minimum atomic E-state index is -0.134. The number of aromatic hydroxyl groups is 1. The van der Waals surface area contributed by atoms with Crippen LogP contribution >= 0.6 is 0 Å². The minimum Gasteiger partial charge on any atom is -0.508 e. The van der Waals surface area contributed by atoms with Gasteiger partial charge in [0.2, 0.25) is 11.7 Å². The Balaban J connectivity index is 1.94. The highest BCUT2D eigenvalue weighted by molar-refractivity contribution is 5.56. The van der Waals surface area contributed by atoms with E-state index in [0.717, 1.165) is 5.56 Å². The molecule has 1 unspecified atom stereocenters. The largest absolute Gasteiger partial charge is 0.508 e. The molecule has 2 aromatic carbocycles. The molecule has 5 nitrogen and oxygen atoms in total. The molecule has 1 atom stereocenters. The van der Waals surface area contributed by atoms with Crippen LogP contribution in [0, 0.1) is 0 Å². The van der Waals surface area contributed by atoms with Gasteiger partial charge < -0.3 is 15.4 Å². The van der Waals surface area contributed by atoms with Gasteiger partial charge in [-0.3, -0.25) is 0 Å².